The zero-order chi connectivity index (χ0) is 35.3. The van der Waals surface area contributed by atoms with Crippen LogP contribution in [0.25, 0.3) is 120 Å². The fraction of sp³-hybridized carbons (Fsp3) is 0. The summed E-state index contributed by atoms with van der Waals surface area (Å²) in [5, 5.41) is 14.1. The summed E-state index contributed by atoms with van der Waals surface area (Å²) >= 11 is 0. The first-order chi connectivity index (χ1) is 26.8. The Bertz CT molecular complexity index is 3430. The third-order valence-electron chi connectivity index (χ3n) is 11.4. The normalized spacial score (nSPS) is 12.1. The molecule has 250 valence electrons. The van der Waals surface area contributed by atoms with E-state index < -0.39 is 0 Å². The van der Waals surface area contributed by atoms with E-state index in [9.17, 15) is 0 Å². The van der Waals surface area contributed by atoms with E-state index in [0.29, 0.717) is 0 Å². The van der Waals surface area contributed by atoms with E-state index in [1.807, 2.05) is 12.1 Å². The first-order valence-electron chi connectivity index (χ1n) is 18.5. The lowest BCUT2D eigenvalue weighted by Gasteiger charge is -2.18. The van der Waals surface area contributed by atoms with Crippen molar-refractivity contribution in [3.05, 3.63) is 182 Å². The van der Waals surface area contributed by atoms with Crippen molar-refractivity contribution in [2.75, 3.05) is 0 Å². The van der Waals surface area contributed by atoms with Crippen LogP contribution in [0, 0.1) is 0 Å². The van der Waals surface area contributed by atoms with Crippen molar-refractivity contribution >= 4 is 87.0 Å². The Morgan fingerprint density at radius 2 is 0.685 bits per heavy atom. The largest absolute Gasteiger partial charge is 0.455 e. The van der Waals surface area contributed by atoms with Crippen LogP contribution in [-0.4, -0.2) is 0 Å². The van der Waals surface area contributed by atoms with Gasteiger partial charge in [-0.1, -0.05) is 133 Å². The van der Waals surface area contributed by atoms with Crippen LogP contribution in [0.5, 0.6) is 0 Å². The van der Waals surface area contributed by atoms with E-state index in [4.69, 9.17) is 8.83 Å². The van der Waals surface area contributed by atoms with Gasteiger partial charge in [0.25, 0.3) is 0 Å². The first kappa shape index (κ1) is 29.4. The van der Waals surface area contributed by atoms with Gasteiger partial charge in [0.1, 0.15) is 22.3 Å². The molecule has 2 heterocycles. The Kier molecular flexibility index (Phi) is 6.09. The van der Waals surface area contributed by atoms with E-state index in [-0.39, 0.29) is 0 Å². The Balaban J connectivity index is 0.981. The topological polar surface area (TPSA) is 26.3 Å². The van der Waals surface area contributed by atoms with Crippen LogP contribution in [-0.2, 0) is 0 Å². The molecule has 0 spiro atoms. The predicted octanol–water partition coefficient (Wildman–Crippen LogP) is 15.1. The molecule has 0 atom stereocenters. The van der Waals surface area contributed by atoms with E-state index in [2.05, 4.69) is 170 Å². The monoisotopic (exact) mass is 686 g/mol. The number of benzene rings is 10. The van der Waals surface area contributed by atoms with Crippen LogP contribution >= 0.6 is 0 Å². The molecule has 0 amide bonds. The molecule has 2 heteroatoms. The minimum Gasteiger partial charge on any atom is -0.455 e. The van der Waals surface area contributed by atoms with Crippen LogP contribution in [0.1, 0.15) is 0 Å². The van der Waals surface area contributed by atoms with Gasteiger partial charge in [-0.25, -0.2) is 0 Å². The summed E-state index contributed by atoms with van der Waals surface area (Å²) < 4.78 is 12.9. The Morgan fingerprint density at radius 1 is 0.241 bits per heavy atom. The van der Waals surface area contributed by atoms with Crippen molar-refractivity contribution in [2.45, 2.75) is 0 Å². The van der Waals surface area contributed by atoms with Gasteiger partial charge in [-0.05, 0) is 114 Å². The molecule has 10 aromatic carbocycles. The van der Waals surface area contributed by atoms with E-state index in [1.165, 1.54) is 60.1 Å². The number of fused-ring (bicyclic) bond motifs is 12. The highest BCUT2D eigenvalue weighted by molar-refractivity contribution is 6.24. The summed E-state index contributed by atoms with van der Waals surface area (Å²) in [6, 6.07) is 65.7. The molecule has 12 aromatic rings. The summed E-state index contributed by atoms with van der Waals surface area (Å²) in [7, 11) is 0. The second-order valence-electron chi connectivity index (χ2n) is 14.4. The molecule has 54 heavy (non-hydrogen) atoms. The number of hydrogen-bond acceptors (Lipinski definition) is 2. The third-order valence-corrected chi connectivity index (χ3v) is 11.4. The molecule has 2 aromatic heterocycles. The Morgan fingerprint density at radius 3 is 1.33 bits per heavy atom. The van der Waals surface area contributed by atoms with Crippen LogP contribution in [0.3, 0.4) is 0 Å². The molecule has 0 bridgehead atoms. The fourth-order valence-corrected chi connectivity index (χ4v) is 8.93. The lowest BCUT2D eigenvalue weighted by Crippen LogP contribution is -1.91. The van der Waals surface area contributed by atoms with Crippen LogP contribution < -0.4 is 0 Å². The van der Waals surface area contributed by atoms with Gasteiger partial charge in [0.2, 0.25) is 0 Å². The number of rotatable bonds is 3. The highest BCUT2D eigenvalue weighted by atomic mass is 16.3. The van der Waals surface area contributed by atoms with Gasteiger partial charge in [0.05, 0.1) is 0 Å². The molecule has 12 rings (SSSR count). The molecule has 0 radical (unpaired) electrons. The molecule has 0 unspecified atom stereocenters. The van der Waals surface area contributed by atoms with Crippen LogP contribution in [0.15, 0.2) is 191 Å². The maximum Gasteiger partial charge on any atom is 0.143 e. The molecule has 2 nitrogen and oxygen atoms in total. The summed E-state index contributed by atoms with van der Waals surface area (Å²) in [5.41, 5.74) is 10.9. The SMILES string of the molecule is c1ccc2cc(-c3c4ccccc4c(-c4ccc(-c5ccc6oc7c(ccc8c7ccc7c9ccccc9oc78)c6c5)cc4)c4ccccc34)ccc2c1. The second kappa shape index (κ2) is 11.2. The standard InChI is InChI=1S/C52H30O2/c1-2-10-34-29-36(22-19-31(34)9-1)50-40-14-5-3-12-38(40)49(39-13-4-6-15-41(39)50)33-20-17-32(18-21-33)35-23-28-48-46(30-35)45-27-26-43-44(52(45)54-48)25-24-42-37-11-7-8-16-47(37)53-51(42)43/h1-30H. The van der Waals surface area contributed by atoms with Gasteiger partial charge in [0.15, 0.2) is 0 Å². The lowest BCUT2D eigenvalue weighted by molar-refractivity contribution is 0.669. The molecular weight excluding hydrogens is 657 g/mol. The highest BCUT2D eigenvalue weighted by Crippen LogP contribution is 2.45. The Labute approximate surface area is 310 Å². The molecule has 0 aliphatic heterocycles. The van der Waals surface area contributed by atoms with E-state index in [0.717, 1.165) is 60.2 Å². The average molecular weight is 687 g/mol. The van der Waals surface area contributed by atoms with E-state index in [1.54, 1.807) is 0 Å². The fourth-order valence-electron chi connectivity index (χ4n) is 8.93. The van der Waals surface area contributed by atoms with Crippen molar-refractivity contribution in [1.29, 1.82) is 0 Å². The van der Waals surface area contributed by atoms with Gasteiger partial charge in [-0.2, -0.15) is 0 Å². The predicted molar refractivity (Wildman–Crippen MR) is 227 cm³/mol. The number of furan rings is 2. The van der Waals surface area contributed by atoms with Crippen LogP contribution in [0.4, 0.5) is 0 Å². The lowest BCUT2D eigenvalue weighted by atomic mass is 9.85. The van der Waals surface area contributed by atoms with Crippen LogP contribution in [0.2, 0.25) is 0 Å². The first-order valence-corrected chi connectivity index (χ1v) is 18.5. The minimum atomic E-state index is 0.881. The number of hydrogen-bond donors (Lipinski definition) is 0. The minimum absolute atomic E-state index is 0.881. The van der Waals surface area contributed by atoms with Gasteiger partial charge in [0, 0.05) is 32.3 Å². The molecule has 0 N–H and O–H groups in total. The molecule has 0 aliphatic rings. The summed E-state index contributed by atoms with van der Waals surface area (Å²) in [5.74, 6) is 0. The maximum absolute atomic E-state index is 6.56. The number of para-hydroxylation sites is 1. The second-order valence-corrected chi connectivity index (χ2v) is 14.4. The summed E-state index contributed by atoms with van der Waals surface area (Å²) in [6.45, 7) is 0. The summed E-state index contributed by atoms with van der Waals surface area (Å²) in [4.78, 5) is 0. The highest BCUT2D eigenvalue weighted by Gasteiger charge is 2.18. The third kappa shape index (κ3) is 4.22. The van der Waals surface area contributed by atoms with Gasteiger partial charge >= 0.3 is 0 Å². The molecular formula is C52H30O2. The molecule has 0 saturated heterocycles. The van der Waals surface area contributed by atoms with E-state index >= 15 is 0 Å². The maximum atomic E-state index is 6.56. The molecule has 0 aliphatic carbocycles. The van der Waals surface area contributed by atoms with Crippen molar-refractivity contribution in [1.82, 2.24) is 0 Å². The zero-order valence-corrected chi connectivity index (χ0v) is 29.1. The van der Waals surface area contributed by atoms with Crippen molar-refractivity contribution in [3.8, 4) is 33.4 Å². The quantitative estimate of drug-likeness (QED) is 0.173. The zero-order valence-electron chi connectivity index (χ0n) is 29.1. The molecule has 0 saturated carbocycles. The average Bonchev–Trinajstić information content (AvgIpc) is 3.81. The smallest absolute Gasteiger partial charge is 0.143 e. The van der Waals surface area contributed by atoms with Crippen molar-refractivity contribution in [2.24, 2.45) is 0 Å². The van der Waals surface area contributed by atoms with Crippen molar-refractivity contribution in [3.63, 3.8) is 0 Å². The summed E-state index contributed by atoms with van der Waals surface area (Å²) in [6.07, 6.45) is 0. The Hall–Kier alpha value is -7.16. The van der Waals surface area contributed by atoms with Crippen molar-refractivity contribution < 1.29 is 8.83 Å². The van der Waals surface area contributed by atoms with Gasteiger partial charge < -0.3 is 8.83 Å². The van der Waals surface area contributed by atoms with Gasteiger partial charge in [-0.15, -0.1) is 0 Å². The van der Waals surface area contributed by atoms with Gasteiger partial charge in [-0.3, -0.25) is 0 Å². The molecule has 0 fully saturated rings.